The van der Waals surface area contributed by atoms with Crippen molar-refractivity contribution in [3.05, 3.63) is 12.4 Å². The average molecular weight is 259 g/mol. The number of nitrogens with one attached hydrogen (secondary N) is 1. The maximum absolute atomic E-state index is 8.59. The molecule has 5 heteroatoms. The smallest absolute Gasteiger partial charge is 0.133 e. The van der Waals surface area contributed by atoms with Gasteiger partial charge in [0.1, 0.15) is 18.0 Å². The lowest BCUT2D eigenvalue weighted by atomic mass is 9.83. The zero-order valence-electron chi connectivity index (χ0n) is 11.5. The number of nitrogens with zero attached hydrogens (tertiary/aromatic N) is 4. The second-order valence-corrected chi connectivity index (χ2v) is 5.10. The first-order valence-electron chi connectivity index (χ1n) is 6.93. The van der Waals surface area contributed by atoms with Crippen LogP contribution >= 0.6 is 0 Å². The molecule has 0 radical (unpaired) electrons. The van der Waals surface area contributed by atoms with Gasteiger partial charge in [-0.1, -0.05) is 19.3 Å². The molecule has 1 saturated carbocycles. The van der Waals surface area contributed by atoms with Gasteiger partial charge in [0.25, 0.3) is 0 Å². The molecule has 0 bridgehead atoms. The molecule has 1 fully saturated rings. The highest BCUT2D eigenvalue weighted by Gasteiger charge is 2.16. The summed E-state index contributed by atoms with van der Waals surface area (Å²) in [5.74, 6) is 2.64. The second kappa shape index (κ2) is 6.93. The van der Waals surface area contributed by atoms with E-state index >= 15 is 0 Å². The van der Waals surface area contributed by atoms with Gasteiger partial charge in [-0.25, -0.2) is 9.97 Å². The Bertz CT molecular complexity index is 436. The molecule has 0 amide bonds. The fraction of sp³-hybridized carbons (Fsp3) is 0.643. The zero-order valence-corrected chi connectivity index (χ0v) is 11.5. The van der Waals surface area contributed by atoms with Crippen molar-refractivity contribution in [1.82, 2.24) is 9.97 Å². The molecule has 1 heterocycles. The van der Waals surface area contributed by atoms with Crippen LogP contribution in [0.4, 0.5) is 11.6 Å². The van der Waals surface area contributed by atoms with E-state index in [1.807, 2.05) is 18.0 Å². The van der Waals surface area contributed by atoms with Crippen molar-refractivity contribution in [2.75, 3.05) is 30.4 Å². The Morgan fingerprint density at radius 3 is 3.00 bits per heavy atom. The summed E-state index contributed by atoms with van der Waals surface area (Å²) >= 11 is 0. The Labute approximate surface area is 114 Å². The summed E-state index contributed by atoms with van der Waals surface area (Å²) in [6, 6.07) is 4.08. The van der Waals surface area contributed by atoms with E-state index in [0.29, 0.717) is 13.0 Å². The van der Waals surface area contributed by atoms with E-state index in [2.05, 4.69) is 21.4 Å². The van der Waals surface area contributed by atoms with Crippen LogP contribution in [0.5, 0.6) is 0 Å². The fourth-order valence-electron chi connectivity index (χ4n) is 2.17. The molecule has 0 spiro atoms. The fourth-order valence-corrected chi connectivity index (χ4v) is 2.17. The van der Waals surface area contributed by atoms with Gasteiger partial charge >= 0.3 is 0 Å². The van der Waals surface area contributed by atoms with Gasteiger partial charge in [-0.3, -0.25) is 0 Å². The van der Waals surface area contributed by atoms with E-state index in [0.717, 1.165) is 24.1 Å². The van der Waals surface area contributed by atoms with Crippen LogP contribution in [0.15, 0.2) is 12.4 Å². The van der Waals surface area contributed by atoms with Crippen LogP contribution in [-0.4, -0.2) is 30.1 Å². The standard InChI is InChI=1S/C14H21N5/c1-19(9-3-7-15)14-10-13(17-11-18-14)16-8-6-12-4-2-5-12/h10-12H,2-6,8-9H2,1H3,(H,16,17,18). The Kier molecular flexibility index (Phi) is 4.96. The van der Waals surface area contributed by atoms with E-state index in [1.54, 1.807) is 6.33 Å². The first kappa shape index (κ1) is 13.6. The summed E-state index contributed by atoms with van der Waals surface area (Å²) in [6.07, 6.45) is 7.46. The van der Waals surface area contributed by atoms with E-state index < -0.39 is 0 Å². The lowest BCUT2D eigenvalue weighted by molar-refractivity contribution is 0.303. The average Bonchev–Trinajstić information content (AvgIpc) is 2.39. The topological polar surface area (TPSA) is 64.8 Å². The quantitative estimate of drug-likeness (QED) is 0.814. The van der Waals surface area contributed by atoms with E-state index in [9.17, 15) is 0 Å². The minimum Gasteiger partial charge on any atom is -0.370 e. The lowest BCUT2D eigenvalue weighted by Crippen LogP contribution is -2.20. The molecule has 0 saturated heterocycles. The molecule has 2 rings (SSSR count). The first-order chi connectivity index (χ1) is 9.29. The summed E-state index contributed by atoms with van der Waals surface area (Å²) in [7, 11) is 1.94. The Morgan fingerprint density at radius 2 is 2.32 bits per heavy atom. The van der Waals surface area contributed by atoms with Gasteiger partial charge in [0.05, 0.1) is 12.5 Å². The van der Waals surface area contributed by atoms with Gasteiger partial charge in [-0.2, -0.15) is 5.26 Å². The molecule has 1 aliphatic carbocycles. The highest BCUT2D eigenvalue weighted by Crippen LogP contribution is 2.29. The molecule has 0 aliphatic heterocycles. The van der Waals surface area contributed by atoms with Crippen LogP contribution in [0.3, 0.4) is 0 Å². The number of nitriles is 1. The Balaban J connectivity index is 1.81. The minimum atomic E-state index is 0.505. The van der Waals surface area contributed by atoms with Crippen LogP contribution in [0, 0.1) is 17.2 Å². The van der Waals surface area contributed by atoms with Gasteiger partial charge in [0.15, 0.2) is 0 Å². The molecule has 0 unspecified atom stereocenters. The Morgan fingerprint density at radius 1 is 1.47 bits per heavy atom. The third kappa shape index (κ3) is 4.09. The molecule has 1 aromatic heterocycles. The van der Waals surface area contributed by atoms with E-state index in [4.69, 9.17) is 5.26 Å². The number of hydrogen-bond donors (Lipinski definition) is 1. The van der Waals surface area contributed by atoms with Crippen LogP contribution in [0.1, 0.15) is 32.1 Å². The van der Waals surface area contributed by atoms with E-state index in [1.165, 1.54) is 25.7 Å². The maximum atomic E-state index is 8.59. The largest absolute Gasteiger partial charge is 0.370 e. The second-order valence-electron chi connectivity index (χ2n) is 5.10. The summed E-state index contributed by atoms with van der Waals surface area (Å²) < 4.78 is 0. The third-order valence-electron chi connectivity index (χ3n) is 3.69. The van der Waals surface area contributed by atoms with Crippen molar-refractivity contribution in [3.63, 3.8) is 0 Å². The Hall–Kier alpha value is -1.83. The van der Waals surface area contributed by atoms with Gasteiger partial charge in [-0.15, -0.1) is 0 Å². The molecule has 5 nitrogen and oxygen atoms in total. The van der Waals surface area contributed by atoms with Gasteiger partial charge < -0.3 is 10.2 Å². The lowest BCUT2D eigenvalue weighted by Gasteiger charge is -2.25. The number of rotatable bonds is 7. The SMILES string of the molecule is CN(CCC#N)c1cc(NCCC2CCC2)ncn1. The van der Waals surface area contributed by atoms with Crippen molar-refractivity contribution in [1.29, 1.82) is 5.26 Å². The van der Waals surface area contributed by atoms with Crippen LogP contribution < -0.4 is 10.2 Å². The zero-order chi connectivity index (χ0) is 13.5. The molecule has 0 atom stereocenters. The van der Waals surface area contributed by atoms with Crippen LogP contribution in [-0.2, 0) is 0 Å². The van der Waals surface area contributed by atoms with Crippen molar-refractivity contribution in [2.24, 2.45) is 5.92 Å². The van der Waals surface area contributed by atoms with Gasteiger partial charge in [0.2, 0.25) is 0 Å². The van der Waals surface area contributed by atoms with Crippen molar-refractivity contribution >= 4 is 11.6 Å². The molecular weight excluding hydrogens is 238 g/mol. The van der Waals surface area contributed by atoms with Crippen molar-refractivity contribution < 1.29 is 0 Å². The van der Waals surface area contributed by atoms with Crippen molar-refractivity contribution in [3.8, 4) is 6.07 Å². The van der Waals surface area contributed by atoms with E-state index in [-0.39, 0.29) is 0 Å². The predicted octanol–water partition coefficient (Wildman–Crippen LogP) is 2.43. The molecule has 0 aromatic carbocycles. The number of hydrogen-bond acceptors (Lipinski definition) is 5. The summed E-state index contributed by atoms with van der Waals surface area (Å²) in [4.78, 5) is 10.4. The molecular formula is C14H21N5. The monoisotopic (exact) mass is 259 g/mol. The molecule has 102 valence electrons. The normalized spacial score (nSPS) is 14.5. The number of anilines is 2. The summed E-state index contributed by atoms with van der Waals surface area (Å²) in [5, 5.41) is 11.9. The third-order valence-corrected chi connectivity index (χ3v) is 3.69. The van der Waals surface area contributed by atoms with Gasteiger partial charge in [0, 0.05) is 26.2 Å². The summed E-state index contributed by atoms with van der Waals surface area (Å²) in [6.45, 7) is 1.66. The highest BCUT2D eigenvalue weighted by molar-refractivity contribution is 5.47. The number of aromatic nitrogens is 2. The molecule has 1 N–H and O–H groups in total. The summed E-state index contributed by atoms with van der Waals surface area (Å²) in [5.41, 5.74) is 0. The molecule has 19 heavy (non-hydrogen) atoms. The molecule has 1 aromatic rings. The maximum Gasteiger partial charge on any atom is 0.133 e. The minimum absolute atomic E-state index is 0.505. The molecule has 1 aliphatic rings. The predicted molar refractivity (Wildman–Crippen MR) is 76.0 cm³/mol. The van der Waals surface area contributed by atoms with Crippen molar-refractivity contribution in [2.45, 2.75) is 32.1 Å². The van der Waals surface area contributed by atoms with Crippen LogP contribution in [0.25, 0.3) is 0 Å². The highest BCUT2D eigenvalue weighted by atomic mass is 15.2. The van der Waals surface area contributed by atoms with Gasteiger partial charge in [-0.05, 0) is 12.3 Å². The first-order valence-corrected chi connectivity index (χ1v) is 6.93. The van der Waals surface area contributed by atoms with Crippen LogP contribution in [0.2, 0.25) is 0 Å².